The van der Waals surface area contributed by atoms with Crippen LogP contribution in [0.3, 0.4) is 0 Å². The fraction of sp³-hybridized carbons (Fsp3) is 0.133. The van der Waals surface area contributed by atoms with Crippen LogP contribution in [0.2, 0.25) is 0 Å². The van der Waals surface area contributed by atoms with Crippen LogP contribution < -0.4 is 5.32 Å². The summed E-state index contributed by atoms with van der Waals surface area (Å²) in [6.45, 7) is 0.633. The topological polar surface area (TPSA) is 24.4 Å². The highest BCUT2D eigenvalue weighted by Crippen LogP contribution is 2.35. The first-order valence-corrected chi connectivity index (χ1v) is 7.09. The monoisotopic (exact) mass is 290 g/mol. The Hall–Kier alpha value is -1.88. The first-order chi connectivity index (χ1) is 9.74. The van der Waals surface area contributed by atoms with Crippen molar-refractivity contribution in [3.8, 4) is 0 Å². The Bertz CT molecular complexity index is 644. The van der Waals surface area contributed by atoms with Crippen LogP contribution in [0.4, 0.5) is 14.5 Å². The highest BCUT2D eigenvalue weighted by Gasteiger charge is 2.22. The molecule has 0 aromatic heterocycles. The largest absolute Gasteiger partial charge is 0.332 e. The number of halogens is 2. The van der Waals surface area contributed by atoms with E-state index in [0.29, 0.717) is 11.7 Å². The van der Waals surface area contributed by atoms with Gasteiger partial charge in [-0.05, 0) is 17.7 Å². The molecular formula is C15H12F2N2S. The normalized spacial score (nSPS) is 17.9. The third kappa shape index (κ3) is 2.67. The maximum absolute atomic E-state index is 13.6. The molecule has 0 fully saturated rings. The lowest BCUT2D eigenvalue weighted by molar-refractivity contribution is 0.512. The molecule has 0 saturated heterocycles. The van der Waals surface area contributed by atoms with E-state index >= 15 is 0 Å². The molecule has 1 atom stereocenters. The minimum Gasteiger partial charge on any atom is -0.332 e. The van der Waals surface area contributed by atoms with E-state index in [2.05, 4.69) is 10.3 Å². The van der Waals surface area contributed by atoms with E-state index in [1.165, 1.54) is 29.5 Å². The number of thioether (sulfide) groups is 1. The molecule has 1 aliphatic heterocycles. The van der Waals surface area contributed by atoms with Gasteiger partial charge in [-0.3, -0.25) is 4.99 Å². The number of rotatable bonds is 2. The van der Waals surface area contributed by atoms with Crippen molar-refractivity contribution in [2.75, 3.05) is 11.9 Å². The van der Waals surface area contributed by atoms with E-state index in [0.717, 1.165) is 6.07 Å². The fourth-order valence-corrected chi connectivity index (χ4v) is 3.03. The molecule has 5 heteroatoms. The summed E-state index contributed by atoms with van der Waals surface area (Å²) in [5.74, 6) is -1.74. The van der Waals surface area contributed by atoms with E-state index in [1.807, 2.05) is 30.3 Å². The lowest BCUT2D eigenvalue weighted by atomic mass is 10.1. The molecule has 1 N–H and O–H groups in total. The van der Waals surface area contributed by atoms with Gasteiger partial charge in [0.25, 0.3) is 0 Å². The summed E-state index contributed by atoms with van der Waals surface area (Å²) in [6, 6.07) is 14.1. The molecule has 20 heavy (non-hydrogen) atoms. The molecule has 0 amide bonds. The minimum absolute atomic E-state index is 0.116. The summed E-state index contributed by atoms with van der Waals surface area (Å²) in [4.78, 5) is 4.34. The molecule has 0 saturated carbocycles. The molecule has 0 spiro atoms. The number of hydrogen-bond donors (Lipinski definition) is 1. The molecule has 0 bridgehead atoms. The Labute approximate surface area is 119 Å². The Kier molecular flexibility index (Phi) is 3.69. The van der Waals surface area contributed by atoms with Gasteiger partial charge in [-0.2, -0.15) is 0 Å². The molecule has 102 valence electrons. The van der Waals surface area contributed by atoms with Gasteiger partial charge in [-0.25, -0.2) is 8.78 Å². The van der Waals surface area contributed by atoms with Crippen LogP contribution in [0.1, 0.15) is 10.8 Å². The average molecular weight is 290 g/mol. The van der Waals surface area contributed by atoms with Crippen LogP contribution in [0.25, 0.3) is 0 Å². The third-order valence-electron chi connectivity index (χ3n) is 3.02. The van der Waals surface area contributed by atoms with Gasteiger partial charge in [0.2, 0.25) is 0 Å². The summed E-state index contributed by atoms with van der Waals surface area (Å²) in [5.41, 5.74) is 1.29. The zero-order chi connectivity index (χ0) is 13.9. The predicted molar refractivity (Wildman–Crippen MR) is 79.1 cm³/mol. The Morgan fingerprint density at radius 1 is 1.05 bits per heavy atom. The van der Waals surface area contributed by atoms with Crippen molar-refractivity contribution >= 4 is 22.6 Å². The number of nitrogens with zero attached hydrogens (tertiary/aromatic N) is 1. The molecule has 0 radical (unpaired) electrons. The van der Waals surface area contributed by atoms with E-state index in [1.54, 1.807) is 0 Å². The van der Waals surface area contributed by atoms with Crippen molar-refractivity contribution in [3.05, 3.63) is 65.7 Å². The summed E-state index contributed by atoms with van der Waals surface area (Å²) in [6.07, 6.45) is 0. The van der Waals surface area contributed by atoms with Gasteiger partial charge in [-0.15, -0.1) is 0 Å². The molecule has 3 rings (SSSR count). The van der Waals surface area contributed by atoms with Gasteiger partial charge in [0.15, 0.2) is 16.8 Å². The Morgan fingerprint density at radius 2 is 1.85 bits per heavy atom. The van der Waals surface area contributed by atoms with Crippen LogP contribution >= 0.6 is 11.8 Å². The highest BCUT2D eigenvalue weighted by atomic mass is 32.2. The molecule has 1 unspecified atom stereocenters. The molecule has 0 aliphatic carbocycles. The SMILES string of the molecule is Fc1cccc(NC2=NCC(c3ccccc3)S2)c1F. The maximum Gasteiger partial charge on any atom is 0.182 e. The van der Waals surface area contributed by atoms with Crippen LogP contribution in [0, 0.1) is 11.6 Å². The molecule has 2 aromatic rings. The number of benzene rings is 2. The van der Waals surface area contributed by atoms with E-state index in [9.17, 15) is 8.78 Å². The van der Waals surface area contributed by atoms with Crippen LogP contribution in [-0.4, -0.2) is 11.7 Å². The Morgan fingerprint density at radius 3 is 2.65 bits per heavy atom. The zero-order valence-electron chi connectivity index (χ0n) is 10.5. The number of nitrogens with one attached hydrogen (secondary N) is 1. The molecule has 1 aliphatic rings. The van der Waals surface area contributed by atoms with Crippen molar-refractivity contribution in [1.82, 2.24) is 0 Å². The average Bonchev–Trinajstić information content (AvgIpc) is 2.93. The summed E-state index contributed by atoms with van der Waals surface area (Å²) in [5, 5.41) is 3.68. The number of anilines is 1. The van der Waals surface area contributed by atoms with Gasteiger partial charge in [0, 0.05) is 0 Å². The summed E-state index contributed by atoms with van der Waals surface area (Å²) in [7, 11) is 0. The van der Waals surface area contributed by atoms with E-state index < -0.39 is 11.6 Å². The minimum atomic E-state index is -0.876. The van der Waals surface area contributed by atoms with Crippen molar-refractivity contribution < 1.29 is 8.78 Å². The second-order valence-electron chi connectivity index (χ2n) is 4.39. The van der Waals surface area contributed by atoms with Gasteiger partial charge >= 0.3 is 0 Å². The first-order valence-electron chi connectivity index (χ1n) is 6.21. The maximum atomic E-state index is 13.6. The van der Waals surface area contributed by atoms with Crippen LogP contribution in [0.5, 0.6) is 0 Å². The van der Waals surface area contributed by atoms with Crippen molar-refractivity contribution in [2.45, 2.75) is 5.25 Å². The van der Waals surface area contributed by atoms with Gasteiger partial charge < -0.3 is 5.32 Å². The predicted octanol–water partition coefficient (Wildman–Crippen LogP) is 4.22. The fourth-order valence-electron chi connectivity index (χ4n) is 2.00. The van der Waals surface area contributed by atoms with Crippen molar-refractivity contribution in [3.63, 3.8) is 0 Å². The molecular weight excluding hydrogens is 278 g/mol. The summed E-state index contributed by atoms with van der Waals surface area (Å²) < 4.78 is 26.7. The van der Waals surface area contributed by atoms with Crippen molar-refractivity contribution in [2.24, 2.45) is 4.99 Å². The van der Waals surface area contributed by atoms with Crippen LogP contribution in [-0.2, 0) is 0 Å². The second kappa shape index (κ2) is 5.63. The second-order valence-corrected chi connectivity index (χ2v) is 5.58. The molecule has 1 heterocycles. The lowest BCUT2D eigenvalue weighted by Gasteiger charge is -2.10. The highest BCUT2D eigenvalue weighted by molar-refractivity contribution is 8.14. The smallest absolute Gasteiger partial charge is 0.182 e. The molecule has 2 nitrogen and oxygen atoms in total. The standard InChI is InChI=1S/C15H12F2N2S/c16-11-7-4-8-12(14(11)17)19-15-18-9-13(20-15)10-5-2-1-3-6-10/h1-8,13H,9H2,(H,18,19). The Balaban J connectivity index is 1.70. The zero-order valence-corrected chi connectivity index (χ0v) is 11.3. The number of amidine groups is 1. The molecule has 2 aromatic carbocycles. The third-order valence-corrected chi connectivity index (χ3v) is 4.18. The summed E-state index contributed by atoms with van der Waals surface area (Å²) >= 11 is 1.52. The van der Waals surface area contributed by atoms with Gasteiger partial charge in [0.05, 0.1) is 17.5 Å². The van der Waals surface area contributed by atoms with Crippen molar-refractivity contribution in [1.29, 1.82) is 0 Å². The van der Waals surface area contributed by atoms with Gasteiger partial charge in [0.1, 0.15) is 0 Å². The number of aliphatic imine (C=N–C) groups is 1. The lowest BCUT2D eigenvalue weighted by Crippen LogP contribution is -2.07. The van der Waals surface area contributed by atoms with Crippen LogP contribution in [0.15, 0.2) is 53.5 Å². The van der Waals surface area contributed by atoms with E-state index in [-0.39, 0.29) is 10.9 Å². The number of hydrogen-bond acceptors (Lipinski definition) is 3. The quantitative estimate of drug-likeness (QED) is 0.895. The van der Waals surface area contributed by atoms with Gasteiger partial charge in [-0.1, -0.05) is 48.2 Å². The first kappa shape index (κ1) is 13.1. The van der Waals surface area contributed by atoms with E-state index in [4.69, 9.17) is 0 Å².